The molecule has 6 heteroatoms. The van der Waals surface area contributed by atoms with Crippen LogP contribution in [0.3, 0.4) is 0 Å². The van der Waals surface area contributed by atoms with E-state index in [0.29, 0.717) is 6.54 Å². The SMILES string of the molecule is COc1cccc(CNc2ncnc3[nH]c(-c4ccc(CN5CCCC5)cc4)cc23)c1. The number of methoxy groups -OCH3 is 1. The van der Waals surface area contributed by atoms with E-state index < -0.39 is 0 Å². The van der Waals surface area contributed by atoms with Crippen LogP contribution in [-0.2, 0) is 13.1 Å². The number of nitrogens with one attached hydrogen (secondary N) is 2. The van der Waals surface area contributed by atoms with Gasteiger partial charge in [-0.1, -0.05) is 36.4 Å². The first-order valence-corrected chi connectivity index (χ1v) is 10.8. The van der Waals surface area contributed by atoms with Crippen LogP contribution in [0.5, 0.6) is 5.75 Å². The van der Waals surface area contributed by atoms with Crippen LogP contribution in [0.1, 0.15) is 24.0 Å². The fraction of sp³-hybridized carbons (Fsp3) is 0.280. The number of hydrogen-bond donors (Lipinski definition) is 2. The summed E-state index contributed by atoms with van der Waals surface area (Å²) < 4.78 is 5.31. The highest BCUT2D eigenvalue weighted by Gasteiger charge is 2.13. The standard InChI is InChI=1S/C25H27N5O/c1-31-21-6-4-5-19(13-21)15-26-24-22-14-23(29-25(22)28-17-27-24)20-9-7-18(8-10-20)16-30-11-2-3-12-30/h4-10,13-14,17H,2-3,11-12,15-16H2,1H3,(H2,26,27,28,29). The summed E-state index contributed by atoms with van der Waals surface area (Å²) in [6.07, 6.45) is 4.24. The molecule has 0 bridgehead atoms. The van der Waals surface area contributed by atoms with E-state index >= 15 is 0 Å². The molecule has 0 radical (unpaired) electrons. The molecular formula is C25H27N5O. The van der Waals surface area contributed by atoms with Crippen LogP contribution in [0.2, 0.25) is 0 Å². The first-order chi connectivity index (χ1) is 15.3. The van der Waals surface area contributed by atoms with E-state index in [1.54, 1.807) is 13.4 Å². The molecule has 1 fully saturated rings. The molecule has 1 saturated heterocycles. The van der Waals surface area contributed by atoms with Gasteiger partial charge in [0, 0.05) is 18.8 Å². The summed E-state index contributed by atoms with van der Waals surface area (Å²) in [5.41, 5.74) is 5.53. The van der Waals surface area contributed by atoms with Gasteiger partial charge in [-0.25, -0.2) is 9.97 Å². The summed E-state index contributed by atoms with van der Waals surface area (Å²) in [7, 11) is 1.68. The number of H-pyrrole nitrogens is 1. The van der Waals surface area contributed by atoms with Crippen molar-refractivity contribution in [1.82, 2.24) is 19.9 Å². The maximum Gasteiger partial charge on any atom is 0.143 e. The van der Waals surface area contributed by atoms with E-state index in [9.17, 15) is 0 Å². The highest BCUT2D eigenvalue weighted by atomic mass is 16.5. The number of hydrogen-bond acceptors (Lipinski definition) is 5. The Kier molecular flexibility index (Phi) is 5.54. The van der Waals surface area contributed by atoms with Crippen LogP contribution in [-0.4, -0.2) is 40.1 Å². The zero-order valence-corrected chi connectivity index (χ0v) is 17.8. The van der Waals surface area contributed by atoms with Gasteiger partial charge >= 0.3 is 0 Å². The van der Waals surface area contributed by atoms with Crippen LogP contribution in [0.4, 0.5) is 5.82 Å². The Hall–Kier alpha value is -3.38. The molecule has 4 aromatic rings. The molecule has 2 aromatic heterocycles. The first kappa shape index (κ1) is 19.6. The Bertz CT molecular complexity index is 1160. The summed E-state index contributed by atoms with van der Waals surface area (Å²) in [5.74, 6) is 1.67. The maximum atomic E-state index is 5.31. The lowest BCUT2D eigenvalue weighted by Crippen LogP contribution is -2.18. The van der Waals surface area contributed by atoms with Gasteiger partial charge < -0.3 is 15.0 Å². The highest BCUT2D eigenvalue weighted by Crippen LogP contribution is 2.28. The second kappa shape index (κ2) is 8.78. The minimum absolute atomic E-state index is 0.662. The largest absolute Gasteiger partial charge is 0.497 e. The number of rotatable bonds is 7. The molecule has 0 saturated carbocycles. The van der Waals surface area contributed by atoms with Gasteiger partial charge in [-0.3, -0.25) is 4.90 Å². The van der Waals surface area contributed by atoms with Gasteiger partial charge in [0.2, 0.25) is 0 Å². The molecule has 0 aliphatic carbocycles. The van der Waals surface area contributed by atoms with Crippen LogP contribution in [0.25, 0.3) is 22.3 Å². The Labute approximate surface area is 182 Å². The van der Waals surface area contributed by atoms with Gasteiger partial charge in [0.25, 0.3) is 0 Å². The summed E-state index contributed by atoms with van der Waals surface area (Å²) >= 11 is 0. The number of aromatic amines is 1. The lowest BCUT2D eigenvalue weighted by atomic mass is 10.1. The molecule has 1 aliphatic heterocycles. The van der Waals surface area contributed by atoms with E-state index in [4.69, 9.17) is 4.74 Å². The molecule has 31 heavy (non-hydrogen) atoms. The Morgan fingerprint density at radius 1 is 1.00 bits per heavy atom. The van der Waals surface area contributed by atoms with E-state index in [1.165, 1.54) is 31.5 Å². The lowest BCUT2D eigenvalue weighted by Gasteiger charge is -2.14. The van der Waals surface area contributed by atoms with Gasteiger partial charge in [0.1, 0.15) is 23.5 Å². The molecule has 158 valence electrons. The third-order valence-corrected chi connectivity index (χ3v) is 5.89. The van der Waals surface area contributed by atoms with Crippen molar-refractivity contribution in [3.63, 3.8) is 0 Å². The zero-order chi connectivity index (χ0) is 21.0. The van der Waals surface area contributed by atoms with Crippen molar-refractivity contribution in [1.29, 1.82) is 0 Å². The molecule has 0 spiro atoms. The number of aromatic nitrogens is 3. The number of likely N-dealkylation sites (tertiary alicyclic amines) is 1. The second-order valence-corrected chi connectivity index (χ2v) is 8.05. The monoisotopic (exact) mass is 413 g/mol. The molecule has 3 heterocycles. The quantitative estimate of drug-likeness (QED) is 0.454. The van der Waals surface area contributed by atoms with Crippen molar-refractivity contribution in [2.45, 2.75) is 25.9 Å². The summed E-state index contributed by atoms with van der Waals surface area (Å²) in [5, 5.41) is 4.42. The maximum absolute atomic E-state index is 5.31. The smallest absolute Gasteiger partial charge is 0.143 e. The molecular weight excluding hydrogens is 386 g/mol. The minimum Gasteiger partial charge on any atom is -0.497 e. The van der Waals surface area contributed by atoms with Crippen molar-refractivity contribution in [2.75, 3.05) is 25.5 Å². The highest BCUT2D eigenvalue weighted by molar-refractivity contribution is 5.91. The molecule has 1 aliphatic rings. The predicted molar refractivity (Wildman–Crippen MR) is 124 cm³/mol. The van der Waals surface area contributed by atoms with E-state index in [0.717, 1.165) is 46.0 Å². The van der Waals surface area contributed by atoms with Gasteiger partial charge in [-0.2, -0.15) is 0 Å². The fourth-order valence-corrected chi connectivity index (χ4v) is 4.19. The van der Waals surface area contributed by atoms with Crippen molar-refractivity contribution in [3.05, 3.63) is 72.1 Å². The average Bonchev–Trinajstić information content (AvgIpc) is 3.48. The van der Waals surface area contributed by atoms with Crippen LogP contribution < -0.4 is 10.1 Å². The van der Waals surface area contributed by atoms with Gasteiger partial charge in [-0.15, -0.1) is 0 Å². The topological polar surface area (TPSA) is 66.1 Å². The van der Waals surface area contributed by atoms with Gasteiger partial charge in [0.15, 0.2) is 0 Å². The van der Waals surface area contributed by atoms with Crippen LogP contribution >= 0.6 is 0 Å². The van der Waals surface area contributed by atoms with Crippen molar-refractivity contribution < 1.29 is 4.74 Å². The Morgan fingerprint density at radius 2 is 1.84 bits per heavy atom. The predicted octanol–water partition coefficient (Wildman–Crippen LogP) is 4.84. The second-order valence-electron chi connectivity index (χ2n) is 8.05. The van der Waals surface area contributed by atoms with E-state index in [1.807, 2.05) is 18.2 Å². The zero-order valence-electron chi connectivity index (χ0n) is 17.8. The number of ether oxygens (including phenoxy) is 1. The number of nitrogens with zero attached hydrogens (tertiary/aromatic N) is 3. The fourth-order valence-electron chi connectivity index (χ4n) is 4.19. The third-order valence-electron chi connectivity index (χ3n) is 5.89. The molecule has 0 amide bonds. The van der Waals surface area contributed by atoms with Gasteiger partial charge in [0.05, 0.1) is 12.5 Å². The molecule has 0 unspecified atom stereocenters. The Morgan fingerprint density at radius 3 is 2.65 bits per heavy atom. The normalized spacial score (nSPS) is 14.2. The van der Waals surface area contributed by atoms with E-state index in [-0.39, 0.29) is 0 Å². The molecule has 2 N–H and O–H groups in total. The average molecular weight is 414 g/mol. The van der Waals surface area contributed by atoms with Crippen LogP contribution in [0, 0.1) is 0 Å². The van der Waals surface area contributed by atoms with Crippen LogP contribution in [0.15, 0.2) is 60.9 Å². The van der Waals surface area contributed by atoms with Crippen molar-refractivity contribution >= 4 is 16.9 Å². The Balaban J connectivity index is 1.34. The lowest BCUT2D eigenvalue weighted by molar-refractivity contribution is 0.331. The summed E-state index contributed by atoms with van der Waals surface area (Å²) in [6.45, 7) is 4.13. The summed E-state index contributed by atoms with van der Waals surface area (Å²) in [6, 6.07) is 19.0. The number of benzene rings is 2. The third kappa shape index (κ3) is 4.39. The number of anilines is 1. The summed E-state index contributed by atoms with van der Waals surface area (Å²) in [4.78, 5) is 14.8. The van der Waals surface area contributed by atoms with Crippen molar-refractivity contribution in [3.8, 4) is 17.0 Å². The minimum atomic E-state index is 0.662. The van der Waals surface area contributed by atoms with Gasteiger partial charge in [-0.05, 0) is 60.8 Å². The molecule has 5 rings (SSSR count). The first-order valence-electron chi connectivity index (χ1n) is 10.8. The molecule has 6 nitrogen and oxygen atoms in total. The molecule has 0 atom stereocenters. The van der Waals surface area contributed by atoms with Crippen molar-refractivity contribution in [2.24, 2.45) is 0 Å². The molecule has 2 aromatic carbocycles. The number of fused-ring (bicyclic) bond motifs is 1. The van der Waals surface area contributed by atoms with E-state index in [2.05, 4.69) is 61.6 Å².